The molecule has 2 aromatic carbocycles. The number of nitrogens with zero attached hydrogens (tertiary/aromatic N) is 1. The van der Waals surface area contributed by atoms with E-state index in [0.717, 1.165) is 28.3 Å². The Morgan fingerprint density at radius 1 is 0.923 bits per heavy atom. The molecule has 4 nitrogen and oxygen atoms in total. The Morgan fingerprint density at radius 2 is 1.62 bits per heavy atom. The number of methoxy groups -OCH3 is 2. The van der Waals surface area contributed by atoms with Crippen molar-refractivity contribution in [3.05, 3.63) is 65.9 Å². The second kappa shape index (κ2) is 8.40. The molecular weight excluding hydrogens is 364 g/mol. The maximum atomic E-state index is 5.73. The van der Waals surface area contributed by atoms with E-state index in [-0.39, 0.29) is 0 Å². The molecule has 6 heteroatoms. The molecule has 26 heavy (non-hydrogen) atoms. The minimum atomic E-state index is 0.554. The van der Waals surface area contributed by atoms with Gasteiger partial charge in [-0.25, -0.2) is 0 Å². The topological polar surface area (TPSA) is 33.7 Å². The number of hydrogen-bond donors (Lipinski definition) is 1. The molecule has 134 valence electrons. The molecule has 3 rings (SSSR count). The van der Waals surface area contributed by atoms with Crippen molar-refractivity contribution >= 4 is 45.7 Å². The fourth-order valence-corrected chi connectivity index (χ4v) is 3.56. The second-order valence-electron chi connectivity index (χ2n) is 5.72. The van der Waals surface area contributed by atoms with Crippen LogP contribution in [-0.4, -0.2) is 42.2 Å². The molecule has 0 aromatic heterocycles. The van der Waals surface area contributed by atoms with Gasteiger partial charge >= 0.3 is 0 Å². The summed E-state index contributed by atoms with van der Waals surface area (Å²) in [7, 11) is 3.32. The lowest BCUT2D eigenvalue weighted by molar-refractivity contribution is 0.191. The van der Waals surface area contributed by atoms with Crippen molar-refractivity contribution in [2.75, 3.05) is 32.7 Å². The fraction of sp³-hybridized carbons (Fsp3) is 0.200. The summed E-state index contributed by atoms with van der Waals surface area (Å²) in [6.07, 6.45) is 0. The highest BCUT2D eigenvalue weighted by atomic mass is 32.1. The van der Waals surface area contributed by atoms with E-state index in [1.54, 1.807) is 14.2 Å². The van der Waals surface area contributed by atoms with Crippen molar-refractivity contribution in [1.29, 1.82) is 0 Å². The highest BCUT2D eigenvalue weighted by Crippen LogP contribution is 2.32. The zero-order valence-corrected chi connectivity index (χ0v) is 16.3. The van der Waals surface area contributed by atoms with E-state index in [1.165, 1.54) is 0 Å². The molecule has 1 heterocycles. The monoisotopic (exact) mass is 384 g/mol. The van der Waals surface area contributed by atoms with E-state index in [9.17, 15) is 0 Å². The maximum Gasteiger partial charge on any atom is 0.131 e. The molecule has 0 fully saturated rings. The van der Waals surface area contributed by atoms with Gasteiger partial charge in [0.15, 0.2) is 0 Å². The average Bonchev–Trinajstić information content (AvgIpc) is 2.91. The lowest BCUT2D eigenvalue weighted by Crippen LogP contribution is -2.33. The van der Waals surface area contributed by atoms with Gasteiger partial charge in [-0.1, -0.05) is 54.8 Å². The Hall–Kier alpha value is -2.28. The van der Waals surface area contributed by atoms with Crippen LogP contribution in [-0.2, 0) is 4.74 Å². The number of benzene rings is 2. The Labute approximate surface area is 164 Å². The normalized spacial score (nSPS) is 14.2. The molecule has 0 saturated carbocycles. The van der Waals surface area contributed by atoms with Crippen molar-refractivity contribution < 1.29 is 9.47 Å². The van der Waals surface area contributed by atoms with E-state index in [1.807, 2.05) is 59.5 Å². The van der Waals surface area contributed by atoms with Crippen LogP contribution in [0, 0.1) is 0 Å². The SMILES string of the molecule is COCCN1C(=S)C(Nc2ccc(OC)cc2)=C(c2ccccc2)C1=S. The molecule has 0 spiro atoms. The summed E-state index contributed by atoms with van der Waals surface area (Å²) >= 11 is 11.4. The van der Waals surface area contributed by atoms with Crippen LogP contribution in [0.1, 0.15) is 5.56 Å². The lowest BCUT2D eigenvalue weighted by atomic mass is 10.1. The standard InChI is InChI=1S/C20H20N2O2S2/c1-23-13-12-22-19(25)17(14-6-4-3-5-7-14)18(20(22)26)21-15-8-10-16(24-2)11-9-15/h3-11,21H,12-13H2,1-2H3. The van der Waals surface area contributed by atoms with Gasteiger partial charge in [-0.05, 0) is 29.8 Å². The first kappa shape index (κ1) is 18.5. The van der Waals surface area contributed by atoms with E-state index < -0.39 is 0 Å². The van der Waals surface area contributed by atoms with Crippen LogP contribution in [0.2, 0.25) is 0 Å². The Kier molecular flexibility index (Phi) is 5.98. The third-order valence-corrected chi connectivity index (χ3v) is 4.96. The van der Waals surface area contributed by atoms with Gasteiger partial charge in [-0.15, -0.1) is 0 Å². The Morgan fingerprint density at radius 3 is 2.23 bits per heavy atom. The van der Waals surface area contributed by atoms with Crippen LogP contribution in [0.3, 0.4) is 0 Å². The average molecular weight is 385 g/mol. The summed E-state index contributed by atoms with van der Waals surface area (Å²) in [5.41, 5.74) is 3.75. The zero-order valence-electron chi connectivity index (χ0n) is 14.7. The van der Waals surface area contributed by atoms with Gasteiger partial charge in [-0.3, -0.25) is 0 Å². The number of nitrogens with one attached hydrogen (secondary N) is 1. The fourth-order valence-electron chi connectivity index (χ4n) is 2.77. The molecule has 2 aromatic rings. The molecular formula is C20H20N2O2S2. The first-order valence-corrected chi connectivity index (χ1v) is 9.03. The largest absolute Gasteiger partial charge is 0.497 e. The summed E-state index contributed by atoms with van der Waals surface area (Å²) in [6, 6.07) is 17.8. The molecule has 1 aliphatic heterocycles. The third kappa shape index (κ3) is 3.77. The molecule has 1 N–H and O–H groups in total. The van der Waals surface area contributed by atoms with Gasteiger partial charge in [-0.2, -0.15) is 0 Å². The van der Waals surface area contributed by atoms with Crippen molar-refractivity contribution in [3.63, 3.8) is 0 Å². The van der Waals surface area contributed by atoms with Crippen LogP contribution >= 0.6 is 24.4 Å². The van der Waals surface area contributed by atoms with Gasteiger partial charge in [0.25, 0.3) is 0 Å². The highest BCUT2D eigenvalue weighted by Gasteiger charge is 2.32. The summed E-state index contributed by atoms with van der Waals surface area (Å²) < 4.78 is 10.4. The Balaban J connectivity index is 1.98. The number of thiocarbonyl (C=S) groups is 2. The van der Waals surface area contributed by atoms with Gasteiger partial charge in [0.05, 0.1) is 19.4 Å². The van der Waals surface area contributed by atoms with Gasteiger partial charge in [0, 0.05) is 24.9 Å². The van der Waals surface area contributed by atoms with E-state index in [4.69, 9.17) is 33.9 Å². The van der Waals surface area contributed by atoms with E-state index in [2.05, 4.69) is 5.32 Å². The van der Waals surface area contributed by atoms with Crippen molar-refractivity contribution in [2.24, 2.45) is 0 Å². The molecule has 0 radical (unpaired) electrons. The predicted molar refractivity (Wildman–Crippen MR) is 114 cm³/mol. The smallest absolute Gasteiger partial charge is 0.131 e. The molecule has 0 bridgehead atoms. The third-order valence-electron chi connectivity index (χ3n) is 4.11. The number of hydrogen-bond acceptors (Lipinski definition) is 5. The van der Waals surface area contributed by atoms with Gasteiger partial charge in [0.1, 0.15) is 15.7 Å². The molecule has 0 aliphatic carbocycles. The van der Waals surface area contributed by atoms with Crippen LogP contribution in [0.4, 0.5) is 5.69 Å². The highest BCUT2D eigenvalue weighted by molar-refractivity contribution is 7.83. The molecule has 1 aliphatic rings. The lowest BCUT2D eigenvalue weighted by Gasteiger charge is -2.19. The minimum absolute atomic E-state index is 0.554. The molecule has 0 amide bonds. The van der Waals surface area contributed by atoms with Crippen molar-refractivity contribution in [3.8, 4) is 5.75 Å². The first-order chi connectivity index (χ1) is 12.7. The minimum Gasteiger partial charge on any atom is -0.497 e. The van der Waals surface area contributed by atoms with Crippen molar-refractivity contribution in [2.45, 2.75) is 0 Å². The zero-order chi connectivity index (χ0) is 18.5. The van der Waals surface area contributed by atoms with Crippen molar-refractivity contribution in [1.82, 2.24) is 4.90 Å². The summed E-state index contributed by atoms with van der Waals surface area (Å²) in [6.45, 7) is 1.18. The number of ether oxygens (including phenoxy) is 2. The van der Waals surface area contributed by atoms with Crippen LogP contribution in [0.5, 0.6) is 5.75 Å². The quantitative estimate of drug-likeness (QED) is 0.723. The first-order valence-electron chi connectivity index (χ1n) is 8.21. The van der Waals surface area contributed by atoms with Gasteiger partial charge in [0.2, 0.25) is 0 Å². The van der Waals surface area contributed by atoms with E-state index >= 15 is 0 Å². The number of rotatable bonds is 7. The summed E-state index contributed by atoms with van der Waals surface area (Å²) in [5, 5.41) is 3.44. The second-order valence-corrected chi connectivity index (χ2v) is 6.50. The molecule has 0 saturated heterocycles. The van der Waals surface area contributed by atoms with E-state index in [0.29, 0.717) is 23.1 Å². The van der Waals surface area contributed by atoms with Gasteiger partial charge < -0.3 is 19.7 Å². The number of anilines is 1. The molecule has 0 atom stereocenters. The van der Waals surface area contributed by atoms with Crippen LogP contribution in [0.25, 0.3) is 5.57 Å². The summed E-state index contributed by atoms with van der Waals surface area (Å²) in [5.74, 6) is 0.805. The van der Waals surface area contributed by atoms with Crippen LogP contribution in [0.15, 0.2) is 60.3 Å². The Bertz CT molecular complexity index is 833. The summed E-state index contributed by atoms with van der Waals surface area (Å²) in [4.78, 5) is 3.35. The maximum absolute atomic E-state index is 5.73. The predicted octanol–water partition coefficient (Wildman–Crippen LogP) is 4.14. The van der Waals surface area contributed by atoms with Crippen LogP contribution < -0.4 is 10.1 Å². The molecule has 0 unspecified atom stereocenters.